The van der Waals surface area contributed by atoms with Gasteiger partial charge in [0.2, 0.25) is 0 Å². The molecule has 1 aromatic carbocycles. The summed E-state index contributed by atoms with van der Waals surface area (Å²) in [5, 5.41) is 12.0. The van der Waals surface area contributed by atoms with E-state index in [1.807, 2.05) is 11.8 Å². The van der Waals surface area contributed by atoms with Gasteiger partial charge in [-0.15, -0.1) is 0 Å². The summed E-state index contributed by atoms with van der Waals surface area (Å²) in [4.78, 5) is 14.7. The highest BCUT2D eigenvalue weighted by Crippen LogP contribution is 2.33. The van der Waals surface area contributed by atoms with E-state index in [-0.39, 0.29) is 24.7 Å². The topological polar surface area (TPSA) is 52.6 Å². The van der Waals surface area contributed by atoms with E-state index in [1.165, 1.54) is 23.1 Å². The van der Waals surface area contributed by atoms with Crippen LogP contribution in [0.3, 0.4) is 0 Å². The summed E-state index contributed by atoms with van der Waals surface area (Å²) in [6.07, 6.45) is 4.80. The van der Waals surface area contributed by atoms with E-state index in [4.69, 9.17) is 5.11 Å². The largest absolute Gasteiger partial charge is 0.396 e. The van der Waals surface area contributed by atoms with Crippen LogP contribution >= 0.6 is 0 Å². The van der Waals surface area contributed by atoms with Gasteiger partial charge in [0.15, 0.2) is 0 Å². The summed E-state index contributed by atoms with van der Waals surface area (Å²) < 4.78 is 0. The number of aliphatic hydroxyl groups is 1. The first-order chi connectivity index (χ1) is 11.0. The lowest BCUT2D eigenvalue weighted by Crippen LogP contribution is -2.47. The molecule has 1 aliphatic heterocycles. The number of carbonyl (C=O) groups excluding carboxylic acids is 1. The minimum atomic E-state index is 0.0287. The third-order valence-corrected chi connectivity index (χ3v) is 4.93. The lowest BCUT2D eigenvalue weighted by molar-refractivity contribution is 0.147. The lowest BCUT2D eigenvalue weighted by atomic mass is 9.90. The van der Waals surface area contributed by atoms with Crippen LogP contribution in [-0.2, 0) is 0 Å². The molecular formula is C19H30N2O2. The Hall–Kier alpha value is -1.55. The molecule has 2 atom stereocenters. The quantitative estimate of drug-likeness (QED) is 0.869. The van der Waals surface area contributed by atoms with Crippen molar-refractivity contribution in [2.24, 2.45) is 0 Å². The smallest absolute Gasteiger partial charge is 0.318 e. The Morgan fingerprint density at radius 1 is 1.39 bits per heavy atom. The van der Waals surface area contributed by atoms with Crippen LogP contribution in [0.4, 0.5) is 4.79 Å². The Morgan fingerprint density at radius 2 is 2.17 bits per heavy atom. The van der Waals surface area contributed by atoms with Gasteiger partial charge < -0.3 is 15.3 Å². The van der Waals surface area contributed by atoms with Crippen molar-refractivity contribution in [2.45, 2.75) is 65.0 Å². The minimum absolute atomic E-state index is 0.0287. The second-order valence-electron chi connectivity index (χ2n) is 6.71. The molecule has 4 nitrogen and oxygen atoms in total. The van der Waals surface area contributed by atoms with Gasteiger partial charge in [-0.25, -0.2) is 4.79 Å². The standard InChI is InChI=1S/C19H30N2O2/c1-14-8-6-10-17(16(14)3)18-11-4-5-12-21(18)19(23)20-15(2)9-7-13-22/h6,8,10,15,18,22H,4-5,7,9,11-13H2,1-3H3,(H,20,23). The zero-order valence-corrected chi connectivity index (χ0v) is 14.6. The van der Waals surface area contributed by atoms with Crippen LogP contribution in [0.5, 0.6) is 0 Å². The summed E-state index contributed by atoms with van der Waals surface area (Å²) in [7, 11) is 0. The Kier molecular flexibility index (Phi) is 6.46. The molecule has 0 radical (unpaired) electrons. The molecule has 0 bridgehead atoms. The fourth-order valence-corrected chi connectivity index (χ4v) is 3.40. The maximum atomic E-state index is 12.7. The number of hydrogen-bond donors (Lipinski definition) is 2. The summed E-state index contributed by atoms with van der Waals surface area (Å²) in [6.45, 7) is 7.28. The maximum Gasteiger partial charge on any atom is 0.318 e. The first-order valence-corrected chi connectivity index (χ1v) is 8.78. The first kappa shape index (κ1) is 17.8. The van der Waals surface area contributed by atoms with Crippen molar-refractivity contribution in [1.82, 2.24) is 10.2 Å². The van der Waals surface area contributed by atoms with Crippen LogP contribution in [-0.4, -0.2) is 35.2 Å². The highest BCUT2D eigenvalue weighted by Gasteiger charge is 2.29. The number of hydrogen-bond acceptors (Lipinski definition) is 2. The minimum Gasteiger partial charge on any atom is -0.396 e. The molecule has 0 spiro atoms. The number of benzene rings is 1. The van der Waals surface area contributed by atoms with E-state index in [0.717, 1.165) is 32.2 Å². The Labute approximate surface area is 139 Å². The summed E-state index contributed by atoms with van der Waals surface area (Å²) in [6, 6.07) is 6.67. The number of piperidine rings is 1. The second-order valence-corrected chi connectivity index (χ2v) is 6.71. The predicted molar refractivity (Wildman–Crippen MR) is 93.5 cm³/mol. The lowest BCUT2D eigenvalue weighted by Gasteiger charge is -2.37. The zero-order valence-electron chi connectivity index (χ0n) is 14.6. The van der Waals surface area contributed by atoms with Crippen molar-refractivity contribution in [3.63, 3.8) is 0 Å². The molecule has 2 N–H and O–H groups in total. The van der Waals surface area contributed by atoms with Crippen LogP contribution < -0.4 is 5.32 Å². The van der Waals surface area contributed by atoms with Gasteiger partial charge in [-0.1, -0.05) is 18.2 Å². The fraction of sp³-hybridized carbons (Fsp3) is 0.632. The summed E-state index contributed by atoms with van der Waals surface area (Å²) in [5.74, 6) is 0. The van der Waals surface area contributed by atoms with E-state index < -0.39 is 0 Å². The monoisotopic (exact) mass is 318 g/mol. The van der Waals surface area contributed by atoms with Crippen LogP contribution in [0.25, 0.3) is 0 Å². The number of rotatable bonds is 5. The molecule has 23 heavy (non-hydrogen) atoms. The molecule has 2 amide bonds. The molecule has 1 aliphatic rings. The number of nitrogens with zero attached hydrogens (tertiary/aromatic N) is 1. The average molecular weight is 318 g/mol. The van der Waals surface area contributed by atoms with Crippen molar-refractivity contribution >= 4 is 6.03 Å². The van der Waals surface area contributed by atoms with Gasteiger partial charge in [-0.2, -0.15) is 0 Å². The molecule has 4 heteroatoms. The normalized spacial score (nSPS) is 19.5. The number of nitrogens with one attached hydrogen (secondary N) is 1. The number of carbonyl (C=O) groups is 1. The van der Waals surface area contributed by atoms with Crippen LogP contribution in [0, 0.1) is 13.8 Å². The van der Waals surface area contributed by atoms with Crippen molar-refractivity contribution in [2.75, 3.05) is 13.2 Å². The van der Waals surface area contributed by atoms with E-state index in [1.54, 1.807) is 0 Å². The van der Waals surface area contributed by atoms with Crippen LogP contribution in [0.15, 0.2) is 18.2 Å². The highest BCUT2D eigenvalue weighted by atomic mass is 16.3. The number of aliphatic hydroxyl groups excluding tert-OH is 1. The van der Waals surface area contributed by atoms with Gasteiger partial charge in [-0.3, -0.25) is 0 Å². The molecule has 0 aromatic heterocycles. The average Bonchev–Trinajstić information content (AvgIpc) is 2.55. The second kappa shape index (κ2) is 8.34. The Morgan fingerprint density at radius 3 is 2.91 bits per heavy atom. The third kappa shape index (κ3) is 4.47. The van der Waals surface area contributed by atoms with E-state index in [9.17, 15) is 4.79 Å². The van der Waals surface area contributed by atoms with Crippen molar-refractivity contribution in [1.29, 1.82) is 0 Å². The van der Waals surface area contributed by atoms with Crippen molar-refractivity contribution in [3.8, 4) is 0 Å². The van der Waals surface area contributed by atoms with Crippen molar-refractivity contribution < 1.29 is 9.90 Å². The number of likely N-dealkylation sites (tertiary alicyclic amines) is 1. The molecule has 1 heterocycles. The molecule has 1 fully saturated rings. The number of amides is 2. The van der Waals surface area contributed by atoms with E-state index >= 15 is 0 Å². The van der Waals surface area contributed by atoms with Gasteiger partial charge in [0.25, 0.3) is 0 Å². The molecule has 1 saturated heterocycles. The van der Waals surface area contributed by atoms with Gasteiger partial charge in [0.05, 0.1) is 6.04 Å². The van der Waals surface area contributed by atoms with E-state index in [2.05, 4.69) is 37.4 Å². The highest BCUT2D eigenvalue weighted by molar-refractivity contribution is 5.75. The van der Waals surface area contributed by atoms with Crippen LogP contribution in [0.2, 0.25) is 0 Å². The maximum absolute atomic E-state index is 12.7. The molecule has 2 rings (SSSR count). The van der Waals surface area contributed by atoms with Gasteiger partial charge in [-0.05, 0) is 69.6 Å². The molecule has 2 unspecified atom stereocenters. The number of urea groups is 1. The summed E-state index contributed by atoms with van der Waals surface area (Å²) >= 11 is 0. The predicted octanol–water partition coefficient (Wildman–Crippen LogP) is 3.70. The van der Waals surface area contributed by atoms with Crippen molar-refractivity contribution in [3.05, 3.63) is 34.9 Å². The fourth-order valence-electron chi connectivity index (χ4n) is 3.40. The van der Waals surface area contributed by atoms with Gasteiger partial charge >= 0.3 is 6.03 Å². The van der Waals surface area contributed by atoms with E-state index in [0.29, 0.717) is 0 Å². The first-order valence-electron chi connectivity index (χ1n) is 8.78. The Balaban J connectivity index is 2.12. The Bertz CT molecular complexity index is 530. The van der Waals surface area contributed by atoms with Crippen LogP contribution in [0.1, 0.15) is 61.8 Å². The zero-order chi connectivity index (χ0) is 16.8. The third-order valence-electron chi connectivity index (χ3n) is 4.93. The molecule has 0 saturated carbocycles. The van der Waals surface area contributed by atoms with Gasteiger partial charge in [0, 0.05) is 19.2 Å². The molecule has 128 valence electrons. The SMILES string of the molecule is Cc1cccc(C2CCCCN2C(=O)NC(C)CCCO)c1C. The molecule has 0 aliphatic carbocycles. The number of aryl methyl sites for hydroxylation is 1. The molecule has 1 aromatic rings. The molecular weight excluding hydrogens is 288 g/mol. The summed E-state index contributed by atoms with van der Waals surface area (Å²) in [5.41, 5.74) is 3.86. The van der Waals surface area contributed by atoms with Gasteiger partial charge in [0.1, 0.15) is 0 Å².